The number of hydrogen-bond donors (Lipinski definition) is 0. The maximum atomic E-state index is 5.33. The van der Waals surface area contributed by atoms with Gasteiger partial charge in [0.05, 0.1) is 29.5 Å². The number of aliphatic imine (C=N–C) groups is 1. The second-order valence-electron chi connectivity index (χ2n) is 8.38. The molecule has 4 atom stereocenters. The van der Waals surface area contributed by atoms with Gasteiger partial charge < -0.3 is 0 Å². The number of nitrogens with zero attached hydrogens (tertiary/aromatic N) is 2. The molecule has 0 bridgehead atoms. The van der Waals surface area contributed by atoms with Gasteiger partial charge in [-0.25, -0.2) is 0 Å². The van der Waals surface area contributed by atoms with Crippen molar-refractivity contribution in [1.82, 2.24) is 4.90 Å². The molecular weight excluding hydrogens is 388 g/mol. The normalized spacial score (nSPS) is 24.0. The van der Waals surface area contributed by atoms with Crippen molar-refractivity contribution >= 4 is 11.4 Å². The summed E-state index contributed by atoms with van der Waals surface area (Å²) in [6.45, 7) is 0. The van der Waals surface area contributed by atoms with Gasteiger partial charge in [-0.3, -0.25) is 9.89 Å². The second kappa shape index (κ2) is 8.07. The number of rotatable bonds is 4. The largest absolute Gasteiger partial charge is 0.273 e. The Labute approximate surface area is 189 Å². The Hall–Kier alpha value is -3.75. The minimum atomic E-state index is 0.159. The lowest BCUT2D eigenvalue weighted by atomic mass is 10.0. The Bertz CT molecular complexity index is 1260. The lowest BCUT2D eigenvalue weighted by molar-refractivity contribution is 0.438. The molecule has 6 rings (SSSR count). The van der Waals surface area contributed by atoms with Gasteiger partial charge in [-0.2, -0.15) is 0 Å². The van der Waals surface area contributed by atoms with Crippen molar-refractivity contribution in [2.45, 2.75) is 18.1 Å². The average Bonchev–Trinajstić information content (AvgIpc) is 3.63. The first-order valence-electron chi connectivity index (χ1n) is 11.2. The molecule has 4 aromatic rings. The van der Waals surface area contributed by atoms with Crippen molar-refractivity contribution < 1.29 is 0 Å². The summed E-state index contributed by atoms with van der Waals surface area (Å²) in [7, 11) is 0. The van der Waals surface area contributed by atoms with Gasteiger partial charge in [-0.1, -0.05) is 121 Å². The predicted octanol–water partition coefficient (Wildman–Crippen LogP) is 6.70. The van der Waals surface area contributed by atoms with E-state index < -0.39 is 0 Å². The Morgan fingerprint density at radius 2 is 1.00 bits per heavy atom. The summed E-state index contributed by atoms with van der Waals surface area (Å²) in [6.07, 6.45) is 2.34. The standard InChI is InChI=1S/C30H24N2/c1-5-13-22(14-6-1)26-21-27(23-15-7-2-8-16-23)32-29(25-19-11-4-12-20-25)30(32)28(31-26)24-17-9-3-10-18-24/h1-21,27,29-30H/t27-,29-,30+,32?/m1/s1. The van der Waals surface area contributed by atoms with E-state index in [0.29, 0.717) is 6.04 Å². The summed E-state index contributed by atoms with van der Waals surface area (Å²) in [6, 6.07) is 43.6. The van der Waals surface area contributed by atoms with Gasteiger partial charge in [0, 0.05) is 0 Å². The van der Waals surface area contributed by atoms with E-state index >= 15 is 0 Å². The highest BCUT2D eigenvalue weighted by Crippen LogP contribution is 2.53. The molecule has 2 nitrogen and oxygen atoms in total. The monoisotopic (exact) mass is 412 g/mol. The summed E-state index contributed by atoms with van der Waals surface area (Å²) in [4.78, 5) is 7.93. The van der Waals surface area contributed by atoms with Gasteiger partial charge in [0.15, 0.2) is 0 Å². The van der Waals surface area contributed by atoms with Gasteiger partial charge in [-0.15, -0.1) is 0 Å². The highest BCUT2D eigenvalue weighted by atomic mass is 15.4. The van der Waals surface area contributed by atoms with Crippen LogP contribution in [0.5, 0.6) is 0 Å². The molecule has 1 unspecified atom stereocenters. The Morgan fingerprint density at radius 1 is 0.500 bits per heavy atom. The first-order valence-corrected chi connectivity index (χ1v) is 11.2. The molecule has 0 spiro atoms. The van der Waals surface area contributed by atoms with Crippen LogP contribution in [0.2, 0.25) is 0 Å². The summed E-state index contributed by atoms with van der Waals surface area (Å²) >= 11 is 0. The predicted molar refractivity (Wildman–Crippen MR) is 131 cm³/mol. The van der Waals surface area contributed by atoms with Crippen LogP contribution >= 0.6 is 0 Å². The number of benzene rings is 4. The van der Waals surface area contributed by atoms with Crippen LogP contribution in [0, 0.1) is 0 Å². The third-order valence-corrected chi connectivity index (χ3v) is 6.43. The van der Waals surface area contributed by atoms with Crippen LogP contribution in [0.3, 0.4) is 0 Å². The fourth-order valence-corrected chi connectivity index (χ4v) is 4.89. The zero-order chi connectivity index (χ0) is 21.3. The summed E-state index contributed by atoms with van der Waals surface area (Å²) in [5.74, 6) is 0. The van der Waals surface area contributed by atoms with Crippen LogP contribution in [-0.4, -0.2) is 16.7 Å². The molecule has 0 aromatic heterocycles. The van der Waals surface area contributed by atoms with Crippen LogP contribution in [0.1, 0.15) is 34.3 Å². The van der Waals surface area contributed by atoms with Crippen molar-refractivity contribution in [3.8, 4) is 0 Å². The quantitative estimate of drug-likeness (QED) is 0.341. The van der Waals surface area contributed by atoms with Crippen molar-refractivity contribution in [3.05, 3.63) is 150 Å². The zero-order valence-electron chi connectivity index (χ0n) is 17.8. The van der Waals surface area contributed by atoms with E-state index in [0.717, 1.165) is 17.0 Å². The molecule has 0 amide bonds. The van der Waals surface area contributed by atoms with E-state index in [1.54, 1.807) is 0 Å². The Kier molecular flexibility index (Phi) is 4.78. The van der Waals surface area contributed by atoms with Gasteiger partial charge in [0.25, 0.3) is 0 Å². The van der Waals surface area contributed by atoms with Crippen LogP contribution in [0.15, 0.2) is 132 Å². The van der Waals surface area contributed by atoms with Crippen molar-refractivity contribution in [1.29, 1.82) is 0 Å². The van der Waals surface area contributed by atoms with Crippen molar-refractivity contribution in [2.24, 2.45) is 4.99 Å². The van der Waals surface area contributed by atoms with E-state index in [-0.39, 0.29) is 12.1 Å². The molecule has 0 saturated carbocycles. The van der Waals surface area contributed by atoms with E-state index in [1.165, 1.54) is 16.7 Å². The molecule has 1 fully saturated rings. The van der Waals surface area contributed by atoms with Crippen molar-refractivity contribution in [2.75, 3.05) is 0 Å². The van der Waals surface area contributed by atoms with E-state index in [4.69, 9.17) is 4.99 Å². The average molecular weight is 413 g/mol. The molecule has 154 valence electrons. The molecule has 4 aromatic carbocycles. The second-order valence-corrected chi connectivity index (χ2v) is 8.38. The Balaban J connectivity index is 1.53. The topological polar surface area (TPSA) is 15.4 Å². The lowest BCUT2D eigenvalue weighted by Crippen LogP contribution is -2.15. The summed E-state index contributed by atoms with van der Waals surface area (Å²) < 4.78 is 0. The highest BCUT2D eigenvalue weighted by molar-refractivity contribution is 6.09. The van der Waals surface area contributed by atoms with Gasteiger partial charge in [-0.05, 0) is 28.3 Å². The molecule has 2 aliphatic heterocycles. The third kappa shape index (κ3) is 3.39. The number of fused-ring (bicyclic) bond motifs is 1. The maximum absolute atomic E-state index is 5.33. The molecule has 32 heavy (non-hydrogen) atoms. The lowest BCUT2D eigenvalue weighted by Gasteiger charge is -2.17. The van der Waals surface area contributed by atoms with Crippen LogP contribution in [0.4, 0.5) is 0 Å². The van der Waals surface area contributed by atoms with E-state index in [2.05, 4.69) is 132 Å². The molecule has 0 aliphatic carbocycles. The highest BCUT2D eigenvalue weighted by Gasteiger charge is 2.55. The van der Waals surface area contributed by atoms with Crippen LogP contribution in [-0.2, 0) is 0 Å². The summed E-state index contributed by atoms with van der Waals surface area (Å²) in [5, 5.41) is 0. The maximum Gasteiger partial charge on any atom is 0.0740 e. The van der Waals surface area contributed by atoms with Gasteiger partial charge >= 0.3 is 0 Å². The molecule has 0 radical (unpaired) electrons. The first kappa shape index (κ1) is 19.0. The molecular formula is C30H24N2. The van der Waals surface area contributed by atoms with Crippen molar-refractivity contribution in [3.63, 3.8) is 0 Å². The van der Waals surface area contributed by atoms with Gasteiger partial charge in [0.1, 0.15) is 0 Å². The van der Waals surface area contributed by atoms with E-state index in [1.807, 2.05) is 0 Å². The fourth-order valence-electron chi connectivity index (χ4n) is 4.89. The molecule has 0 N–H and O–H groups in total. The summed E-state index contributed by atoms with van der Waals surface area (Å²) in [5.41, 5.74) is 7.18. The smallest absolute Gasteiger partial charge is 0.0740 e. The molecule has 1 saturated heterocycles. The van der Waals surface area contributed by atoms with E-state index in [9.17, 15) is 0 Å². The molecule has 2 heterocycles. The fraction of sp³-hybridized carbons (Fsp3) is 0.100. The van der Waals surface area contributed by atoms with Crippen LogP contribution < -0.4 is 0 Å². The minimum Gasteiger partial charge on any atom is -0.273 e. The molecule has 2 heteroatoms. The van der Waals surface area contributed by atoms with Crippen LogP contribution in [0.25, 0.3) is 5.70 Å². The minimum absolute atomic E-state index is 0.159. The zero-order valence-corrected chi connectivity index (χ0v) is 17.8. The third-order valence-electron chi connectivity index (χ3n) is 6.43. The SMILES string of the molecule is C1=C(c2ccccc2)N=C(c2ccccc2)[C@H]2[C@@H](c3ccccc3)N2[C@H]1c1ccccc1. The Morgan fingerprint density at radius 3 is 1.59 bits per heavy atom. The number of hydrogen-bond acceptors (Lipinski definition) is 2. The molecule has 2 aliphatic rings. The first-order chi connectivity index (χ1) is 15.9. The van der Waals surface area contributed by atoms with Gasteiger partial charge in [0.2, 0.25) is 0 Å².